The van der Waals surface area contributed by atoms with Crippen LogP contribution in [0.3, 0.4) is 0 Å². The lowest BCUT2D eigenvalue weighted by molar-refractivity contribution is -0.187. The topological polar surface area (TPSA) is 199 Å². The maximum atomic E-state index is 12.6. The number of carbonyl (C=O) groups excluding carboxylic acids is 2. The van der Waals surface area contributed by atoms with Gasteiger partial charge in [-0.15, -0.1) is 0 Å². The first-order valence-electron chi connectivity index (χ1n) is 9.72. The lowest BCUT2D eigenvalue weighted by Gasteiger charge is -2.34. The van der Waals surface area contributed by atoms with Crippen LogP contribution in [0, 0.1) is 11.3 Å². The molecule has 0 bridgehead atoms. The number of hydrogen-bond acceptors (Lipinski definition) is 8. The van der Waals surface area contributed by atoms with Gasteiger partial charge in [-0.25, -0.2) is 9.59 Å². The standard InChI is InChI=1S/C18H14O8.C5H10N2/c19-13(11-7-3-1-4-8-11)17(25,15(21)22)18(26,16(23)24)14(20)12-9-5-2-6-10-12;1-2-5(7)3-4-6/h1-10,25-26H,(H,21,22)(H,23,24);5H,2-3,7H2,1H3/t;5-/m.0/s1. The molecule has 6 N–H and O–H groups in total. The van der Waals surface area contributed by atoms with Crippen LogP contribution in [0.4, 0.5) is 0 Å². The van der Waals surface area contributed by atoms with E-state index in [9.17, 15) is 39.6 Å². The van der Waals surface area contributed by atoms with Crippen LogP contribution < -0.4 is 5.73 Å². The number of carboxylic acid groups (broad SMARTS) is 2. The summed E-state index contributed by atoms with van der Waals surface area (Å²) in [5.41, 5.74) is -3.32. The van der Waals surface area contributed by atoms with Crippen molar-refractivity contribution in [3.8, 4) is 6.07 Å². The van der Waals surface area contributed by atoms with E-state index in [1.807, 2.05) is 13.0 Å². The van der Waals surface area contributed by atoms with Crippen LogP contribution >= 0.6 is 0 Å². The number of ketones is 2. The van der Waals surface area contributed by atoms with Crippen LogP contribution in [0.5, 0.6) is 0 Å². The average Bonchev–Trinajstić information content (AvgIpc) is 2.83. The van der Waals surface area contributed by atoms with Crippen molar-refractivity contribution in [2.75, 3.05) is 0 Å². The Morgan fingerprint density at radius 3 is 1.39 bits per heavy atom. The number of nitrogens with zero attached hydrogens (tertiary/aromatic N) is 1. The molecule has 2 aromatic rings. The van der Waals surface area contributed by atoms with Crippen LogP contribution in [0.1, 0.15) is 40.5 Å². The van der Waals surface area contributed by atoms with Crippen molar-refractivity contribution in [1.29, 1.82) is 5.26 Å². The van der Waals surface area contributed by atoms with Gasteiger partial charge in [0.15, 0.2) is 0 Å². The fraction of sp³-hybridized carbons (Fsp3) is 0.261. The summed E-state index contributed by atoms with van der Waals surface area (Å²) >= 11 is 0. The summed E-state index contributed by atoms with van der Waals surface area (Å²) in [6, 6.07) is 14.9. The number of carboxylic acids is 2. The van der Waals surface area contributed by atoms with E-state index < -0.39 is 45.8 Å². The number of nitrogens with two attached hydrogens (primary N) is 1. The highest BCUT2D eigenvalue weighted by Gasteiger charge is 2.69. The molecule has 3 atom stereocenters. The summed E-state index contributed by atoms with van der Waals surface area (Å²) in [5.74, 6) is -8.03. The van der Waals surface area contributed by atoms with E-state index in [2.05, 4.69) is 0 Å². The van der Waals surface area contributed by atoms with E-state index in [0.717, 1.165) is 30.7 Å². The molecule has 2 aromatic carbocycles. The van der Waals surface area contributed by atoms with E-state index in [1.54, 1.807) is 0 Å². The number of aliphatic hydroxyl groups is 2. The largest absolute Gasteiger partial charge is 0.479 e. The quantitative estimate of drug-likeness (QED) is 0.268. The van der Waals surface area contributed by atoms with Gasteiger partial charge in [-0.05, 0) is 6.42 Å². The lowest BCUT2D eigenvalue weighted by atomic mass is 9.73. The van der Waals surface area contributed by atoms with Crippen LogP contribution in [-0.2, 0) is 9.59 Å². The van der Waals surface area contributed by atoms with Crippen molar-refractivity contribution in [2.24, 2.45) is 5.73 Å². The Labute approximate surface area is 189 Å². The molecule has 0 radical (unpaired) electrons. The predicted molar refractivity (Wildman–Crippen MR) is 115 cm³/mol. The minimum absolute atomic E-state index is 0.0880. The number of rotatable bonds is 9. The molecule has 2 rings (SSSR count). The van der Waals surface area contributed by atoms with E-state index >= 15 is 0 Å². The number of carbonyl (C=O) groups is 4. The second kappa shape index (κ2) is 11.6. The van der Waals surface area contributed by atoms with Crippen LogP contribution in [0.15, 0.2) is 60.7 Å². The zero-order valence-electron chi connectivity index (χ0n) is 17.7. The molecule has 0 aliphatic heterocycles. The van der Waals surface area contributed by atoms with Gasteiger partial charge in [-0.1, -0.05) is 67.6 Å². The van der Waals surface area contributed by atoms with Gasteiger partial charge in [-0.3, -0.25) is 9.59 Å². The number of aliphatic carboxylic acids is 2. The van der Waals surface area contributed by atoms with E-state index in [0.29, 0.717) is 6.42 Å². The van der Waals surface area contributed by atoms with E-state index in [-0.39, 0.29) is 6.04 Å². The molecule has 0 amide bonds. The molecule has 33 heavy (non-hydrogen) atoms. The molecule has 0 fully saturated rings. The van der Waals surface area contributed by atoms with Crippen LogP contribution in [0.25, 0.3) is 0 Å². The van der Waals surface area contributed by atoms with Crippen molar-refractivity contribution >= 4 is 23.5 Å². The molecule has 2 unspecified atom stereocenters. The second-order valence-corrected chi connectivity index (χ2v) is 6.95. The Morgan fingerprint density at radius 2 is 1.18 bits per heavy atom. The summed E-state index contributed by atoms with van der Waals surface area (Å²) in [7, 11) is 0. The Morgan fingerprint density at radius 1 is 0.848 bits per heavy atom. The van der Waals surface area contributed by atoms with E-state index in [1.165, 1.54) is 36.4 Å². The highest BCUT2D eigenvalue weighted by Crippen LogP contribution is 2.31. The predicted octanol–water partition coefficient (Wildman–Crippen LogP) is 1.02. The molecule has 0 spiro atoms. The van der Waals surface area contributed by atoms with Gasteiger partial charge in [0, 0.05) is 17.2 Å². The Hall–Kier alpha value is -3.91. The summed E-state index contributed by atoms with van der Waals surface area (Å²) < 4.78 is 0. The van der Waals surface area contributed by atoms with Crippen molar-refractivity contribution in [2.45, 2.75) is 37.0 Å². The minimum Gasteiger partial charge on any atom is -0.479 e. The molecule has 0 saturated carbocycles. The Kier molecular flexibility index (Phi) is 9.56. The molecule has 0 aliphatic rings. The number of Topliss-reactive ketones (excluding diaryl/α,β-unsaturated/α-hetero) is 2. The molecular formula is C23H24N2O8. The van der Waals surface area contributed by atoms with Crippen LogP contribution in [0.2, 0.25) is 0 Å². The molecule has 0 aliphatic carbocycles. The molecule has 10 nitrogen and oxygen atoms in total. The third-order valence-corrected chi connectivity index (χ3v) is 4.75. The zero-order chi connectivity index (χ0) is 25.2. The van der Waals surface area contributed by atoms with Gasteiger partial charge >= 0.3 is 11.9 Å². The first-order valence-corrected chi connectivity index (χ1v) is 9.72. The molecule has 0 heterocycles. The Bertz CT molecular complexity index is 962. The Balaban J connectivity index is 0.000000675. The van der Waals surface area contributed by atoms with Crippen LogP contribution in [-0.4, -0.2) is 61.2 Å². The highest BCUT2D eigenvalue weighted by molar-refractivity contribution is 6.28. The van der Waals surface area contributed by atoms with Crippen molar-refractivity contribution in [3.05, 3.63) is 71.8 Å². The number of benzene rings is 2. The highest BCUT2D eigenvalue weighted by atomic mass is 16.5. The SMILES string of the molecule is CC[C@H](N)CC#N.O=C(O)C(O)(C(=O)c1ccccc1)C(O)(C(=O)O)C(=O)c1ccccc1. The summed E-state index contributed by atoms with van der Waals surface area (Å²) in [6.45, 7) is 1.97. The molecule has 0 saturated heterocycles. The van der Waals surface area contributed by atoms with Gasteiger partial charge < -0.3 is 26.2 Å². The van der Waals surface area contributed by atoms with Gasteiger partial charge in [0.05, 0.1) is 12.5 Å². The zero-order valence-corrected chi connectivity index (χ0v) is 17.7. The van der Waals surface area contributed by atoms with Crippen molar-refractivity contribution in [3.63, 3.8) is 0 Å². The normalized spacial score (nSPS) is 14.8. The van der Waals surface area contributed by atoms with Crippen molar-refractivity contribution < 1.29 is 39.6 Å². The fourth-order valence-corrected chi connectivity index (χ4v) is 2.69. The summed E-state index contributed by atoms with van der Waals surface area (Å²) in [5, 5.41) is 47.9. The third kappa shape index (κ3) is 5.67. The van der Waals surface area contributed by atoms with Gasteiger partial charge in [0.2, 0.25) is 11.6 Å². The first-order chi connectivity index (χ1) is 15.5. The number of nitriles is 1. The first kappa shape index (κ1) is 27.1. The molecule has 0 aromatic heterocycles. The fourth-order valence-electron chi connectivity index (χ4n) is 2.69. The maximum absolute atomic E-state index is 12.6. The third-order valence-electron chi connectivity index (χ3n) is 4.75. The monoisotopic (exact) mass is 456 g/mol. The second-order valence-electron chi connectivity index (χ2n) is 6.95. The number of hydrogen-bond donors (Lipinski definition) is 5. The van der Waals surface area contributed by atoms with Gasteiger partial charge in [-0.2, -0.15) is 5.26 Å². The smallest absolute Gasteiger partial charge is 0.348 e. The lowest BCUT2D eigenvalue weighted by Crippen LogP contribution is -2.71. The summed E-state index contributed by atoms with van der Waals surface area (Å²) in [4.78, 5) is 48.5. The van der Waals surface area contributed by atoms with Gasteiger partial charge in [0.25, 0.3) is 11.2 Å². The molecular weight excluding hydrogens is 432 g/mol. The minimum atomic E-state index is -3.95. The van der Waals surface area contributed by atoms with Gasteiger partial charge in [0.1, 0.15) is 0 Å². The average molecular weight is 456 g/mol. The molecule has 174 valence electrons. The van der Waals surface area contributed by atoms with Crippen molar-refractivity contribution in [1.82, 2.24) is 0 Å². The maximum Gasteiger partial charge on any atom is 0.348 e. The summed E-state index contributed by atoms with van der Waals surface area (Å²) in [6.07, 6.45) is 1.38. The molecule has 10 heteroatoms. The van der Waals surface area contributed by atoms with E-state index in [4.69, 9.17) is 11.0 Å².